The van der Waals surface area contributed by atoms with Gasteiger partial charge in [0.1, 0.15) is 23.7 Å². The number of methoxy groups -OCH3 is 2. The molecular weight excluding hydrogens is 871 g/mol. The number of fused-ring (bicyclic) bond motifs is 3. The van der Waals surface area contributed by atoms with Crippen LogP contribution < -0.4 is 29.6 Å². The summed E-state index contributed by atoms with van der Waals surface area (Å²) in [4.78, 5) is 65.1. The standard InChI is InChI=1S/C40H50F6N6O10S/c1-20-10-8-9-11-22-18-38(22,34(55)51-63(57,58)37(5)12-13-37)50-31(53)26-15-23(19-52(26)33(54)29(21(2)14-20)49-35(56)62-36(3,4)40(44,45)46)61-28-17-25-24(16-27(28)59-6)47-30(39(41,42)43)32(48-25)60-7/h9,11,16-17,20-23,26,29H,8,10,12-15,18-19H2,1-7H3,(H,49,56)(H,50,53)(H,51,55)/b11-9-/t20-,21+,22?,23+,26-,29-,38+/m0/s1. The van der Waals surface area contributed by atoms with Gasteiger partial charge in [-0.05, 0) is 71.1 Å². The minimum Gasteiger partial charge on any atom is -0.493 e. The van der Waals surface area contributed by atoms with E-state index in [1.807, 2.05) is 6.92 Å². The molecule has 3 N–H and O–H groups in total. The van der Waals surface area contributed by atoms with Crippen LogP contribution >= 0.6 is 0 Å². The zero-order chi connectivity index (χ0) is 46.7. The molecule has 0 radical (unpaired) electrons. The molecule has 6 rings (SSSR count). The summed E-state index contributed by atoms with van der Waals surface area (Å²) in [7, 11) is -1.97. The van der Waals surface area contributed by atoms with Gasteiger partial charge in [-0.15, -0.1) is 0 Å². The van der Waals surface area contributed by atoms with E-state index in [9.17, 15) is 53.9 Å². The van der Waals surface area contributed by atoms with Crippen LogP contribution in [-0.2, 0) is 35.3 Å². The molecule has 1 unspecified atom stereocenters. The maximum Gasteiger partial charge on any atom is 0.438 e. The van der Waals surface area contributed by atoms with Gasteiger partial charge in [-0.2, -0.15) is 26.3 Å². The molecule has 4 aliphatic rings. The molecule has 0 spiro atoms. The number of hydrogen-bond acceptors (Lipinski definition) is 12. The van der Waals surface area contributed by atoms with Gasteiger partial charge in [0, 0.05) is 24.5 Å². The van der Waals surface area contributed by atoms with E-state index in [1.54, 1.807) is 19.1 Å². The van der Waals surface area contributed by atoms with Crippen LogP contribution in [0.5, 0.6) is 17.4 Å². The van der Waals surface area contributed by atoms with E-state index in [0.717, 1.165) is 18.1 Å². The number of nitrogens with one attached hydrogen (secondary N) is 3. The quantitative estimate of drug-likeness (QED) is 0.216. The minimum atomic E-state index is -4.98. The lowest BCUT2D eigenvalue weighted by Gasteiger charge is -2.34. The number of ether oxygens (including phenoxy) is 4. The van der Waals surface area contributed by atoms with Crippen LogP contribution in [0.25, 0.3) is 11.0 Å². The van der Waals surface area contributed by atoms with Crippen molar-refractivity contribution in [1.29, 1.82) is 0 Å². The minimum absolute atomic E-state index is 0.0142. The maximum absolute atomic E-state index is 14.8. The molecule has 7 atom stereocenters. The van der Waals surface area contributed by atoms with E-state index in [-0.39, 0.29) is 47.7 Å². The normalized spacial score (nSPS) is 28.3. The summed E-state index contributed by atoms with van der Waals surface area (Å²) in [6.45, 7) is 5.84. The summed E-state index contributed by atoms with van der Waals surface area (Å²) in [6.07, 6.45) is -7.40. The van der Waals surface area contributed by atoms with Gasteiger partial charge >= 0.3 is 18.4 Å². The number of rotatable bonds is 9. The molecule has 3 heterocycles. The highest BCUT2D eigenvalue weighted by atomic mass is 32.2. The van der Waals surface area contributed by atoms with Gasteiger partial charge in [-0.3, -0.25) is 19.1 Å². The van der Waals surface area contributed by atoms with Crippen LogP contribution in [0.4, 0.5) is 31.1 Å². The molecule has 63 heavy (non-hydrogen) atoms. The van der Waals surface area contributed by atoms with E-state index < -0.39 is 110 Å². The van der Waals surface area contributed by atoms with Crippen LogP contribution in [0.1, 0.15) is 85.3 Å². The van der Waals surface area contributed by atoms with Crippen molar-refractivity contribution in [2.24, 2.45) is 17.8 Å². The summed E-state index contributed by atoms with van der Waals surface area (Å²) < 4.78 is 131. The Kier molecular flexibility index (Phi) is 12.6. The fraction of sp³-hybridized carbons (Fsp3) is 0.650. The predicted molar refractivity (Wildman–Crippen MR) is 211 cm³/mol. The first-order chi connectivity index (χ1) is 29.1. The molecule has 3 fully saturated rings. The second-order valence-corrected chi connectivity index (χ2v) is 19.7. The number of carbonyl (C=O) groups excluding carboxylic acids is 4. The van der Waals surface area contributed by atoms with Gasteiger partial charge in [0.05, 0.1) is 36.5 Å². The molecule has 0 bridgehead atoms. The van der Waals surface area contributed by atoms with Gasteiger partial charge in [0.15, 0.2) is 11.5 Å². The van der Waals surface area contributed by atoms with Crippen molar-refractivity contribution in [3.63, 3.8) is 0 Å². The molecule has 2 aliphatic carbocycles. The van der Waals surface area contributed by atoms with Crippen molar-refractivity contribution >= 4 is 44.9 Å². The number of alkyl halides is 6. The van der Waals surface area contributed by atoms with Crippen molar-refractivity contribution in [3.05, 3.63) is 30.0 Å². The zero-order valence-electron chi connectivity index (χ0n) is 35.5. The Hall–Kier alpha value is -5.09. The van der Waals surface area contributed by atoms with Crippen molar-refractivity contribution in [1.82, 2.24) is 30.2 Å². The average molecular weight is 921 g/mol. The lowest BCUT2D eigenvalue weighted by molar-refractivity contribution is -0.244. The van der Waals surface area contributed by atoms with Crippen LogP contribution in [0, 0.1) is 17.8 Å². The first-order valence-electron chi connectivity index (χ1n) is 20.2. The Labute approximate surface area is 359 Å². The lowest BCUT2D eigenvalue weighted by atomic mass is 9.88. The van der Waals surface area contributed by atoms with Crippen molar-refractivity contribution in [2.75, 3.05) is 20.8 Å². The van der Waals surface area contributed by atoms with Crippen LogP contribution in [0.15, 0.2) is 24.3 Å². The van der Waals surface area contributed by atoms with Crippen LogP contribution in [0.3, 0.4) is 0 Å². The molecule has 2 saturated carbocycles. The second-order valence-electron chi connectivity index (χ2n) is 17.6. The fourth-order valence-electron chi connectivity index (χ4n) is 7.85. The van der Waals surface area contributed by atoms with Gasteiger partial charge in [-0.1, -0.05) is 26.0 Å². The molecule has 2 aromatic rings. The van der Waals surface area contributed by atoms with Crippen molar-refractivity contribution in [2.45, 2.75) is 126 Å². The number of aromatic nitrogens is 2. The first-order valence-corrected chi connectivity index (χ1v) is 21.7. The molecule has 4 amide bonds. The third-order valence-electron chi connectivity index (χ3n) is 12.2. The third-order valence-corrected chi connectivity index (χ3v) is 14.4. The summed E-state index contributed by atoms with van der Waals surface area (Å²) >= 11 is 0. The Balaban J connectivity index is 1.38. The summed E-state index contributed by atoms with van der Waals surface area (Å²) in [5, 5.41) is 5.01. The van der Waals surface area contributed by atoms with Crippen LogP contribution in [0.2, 0.25) is 0 Å². The lowest BCUT2D eigenvalue weighted by Crippen LogP contribution is -2.59. The first kappa shape index (κ1) is 47.4. The molecule has 348 valence electrons. The van der Waals surface area contributed by atoms with E-state index in [1.165, 1.54) is 20.1 Å². The topological polar surface area (TPSA) is 204 Å². The number of sulfonamides is 1. The largest absolute Gasteiger partial charge is 0.493 e. The van der Waals surface area contributed by atoms with Crippen molar-refractivity contribution in [3.8, 4) is 17.4 Å². The third kappa shape index (κ3) is 9.71. The molecule has 23 heteroatoms. The number of alkyl carbamates (subject to hydrolysis) is 1. The highest BCUT2D eigenvalue weighted by Crippen LogP contribution is 2.48. The Morgan fingerprint density at radius 3 is 2.22 bits per heavy atom. The van der Waals surface area contributed by atoms with Gasteiger partial charge < -0.3 is 34.5 Å². The highest BCUT2D eigenvalue weighted by Gasteiger charge is 2.63. The predicted octanol–water partition coefficient (Wildman–Crippen LogP) is 5.34. The molecular formula is C40H50F6N6O10S. The number of hydrogen-bond donors (Lipinski definition) is 3. The Morgan fingerprint density at radius 1 is 0.968 bits per heavy atom. The number of amides is 4. The van der Waals surface area contributed by atoms with Crippen LogP contribution in [-0.4, -0.2) is 108 Å². The van der Waals surface area contributed by atoms with Gasteiger partial charge in [0.25, 0.3) is 5.91 Å². The summed E-state index contributed by atoms with van der Waals surface area (Å²) in [5.74, 6) is -5.34. The summed E-state index contributed by atoms with van der Waals surface area (Å²) in [6, 6.07) is -0.698. The maximum atomic E-state index is 14.8. The van der Waals surface area contributed by atoms with Gasteiger partial charge in [-0.25, -0.2) is 23.2 Å². The second kappa shape index (κ2) is 16.8. The fourth-order valence-corrected chi connectivity index (χ4v) is 9.16. The number of carbonyl (C=O) groups is 4. The molecule has 1 aromatic heterocycles. The molecule has 1 saturated heterocycles. The monoisotopic (exact) mass is 920 g/mol. The van der Waals surface area contributed by atoms with E-state index in [0.29, 0.717) is 39.5 Å². The van der Waals surface area contributed by atoms with E-state index >= 15 is 0 Å². The number of halogens is 6. The number of allylic oxidation sites excluding steroid dienone is 1. The van der Waals surface area contributed by atoms with Crippen molar-refractivity contribution < 1.29 is 72.9 Å². The smallest absolute Gasteiger partial charge is 0.438 e. The van der Waals surface area contributed by atoms with E-state index in [4.69, 9.17) is 18.9 Å². The Morgan fingerprint density at radius 2 is 1.62 bits per heavy atom. The zero-order valence-corrected chi connectivity index (χ0v) is 36.3. The van der Waals surface area contributed by atoms with E-state index in [2.05, 4.69) is 25.3 Å². The molecule has 1 aromatic carbocycles. The molecule has 16 nitrogen and oxygen atoms in total. The Bertz CT molecular complexity index is 2290. The SMILES string of the molecule is COc1cc2nc(C(F)(F)F)c(OC)nc2cc1O[C@@H]1C[C@H]2C(=O)N[C@]3(C(=O)NS(=O)(=O)C4(C)CC4)CC3/C=C\CC[C@H](C)C[C@@H](C)[C@H](NC(=O)OC(C)(C)C(F)(F)F)C(=O)N2C1. The average Bonchev–Trinajstić information content (AvgIpc) is 4.06. The van der Waals surface area contributed by atoms with Gasteiger partial charge in [0.2, 0.25) is 39.0 Å². The number of benzene rings is 1. The summed E-state index contributed by atoms with van der Waals surface area (Å²) in [5.41, 5.74) is -6.46. The highest BCUT2D eigenvalue weighted by molar-refractivity contribution is 7.91. The number of nitrogens with zero attached hydrogens (tertiary/aromatic N) is 3. The molecule has 2 aliphatic heterocycles.